The molecule has 0 aliphatic rings. The molecule has 0 atom stereocenters. The summed E-state index contributed by atoms with van der Waals surface area (Å²) in [6.45, 7) is 3.56. The van der Waals surface area contributed by atoms with Crippen molar-refractivity contribution in [2.45, 2.75) is 24.9 Å². The van der Waals surface area contributed by atoms with E-state index in [2.05, 4.69) is 65.6 Å². The van der Waals surface area contributed by atoms with Gasteiger partial charge in [-0.25, -0.2) is 0 Å². The molecule has 0 bridgehead atoms. The lowest BCUT2D eigenvalue weighted by molar-refractivity contribution is 0.302. The molecule has 24 heavy (non-hydrogen) atoms. The van der Waals surface area contributed by atoms with Crippen LogP contribution in [0.3, 0.4) is 0 Å². The number of hydrogen-bond donors (Lipinski definition) is 0. The first-order chi connectivity index (χ1) is 11.6. The topological polar surface area (TPSA) is 42.2 Å². The van der Waals surface area contributed by atoms with Crippen LogP contribution in [0.5, 0.6) is 0 Å². The van der Waals surface area contributed by atoms with Gasteiger partial charge in [0.05, 0.1) is 6.54 Å². The van der Waals surface area contributed by atoms with Gasteiger partial charge in [-0.1, -0.05) is 35.0 Å². The number of benzene rings is 2. The summed E-state index contributed by atoms with van der Waals surface area (Å²) in [6, 6.07) is 16.7. The Kier molecular flexibility index (Phi) is 5.33. The maximum atomic E-state index is 5.40. The summed E-state index contributed by atoms with van der Waals surface area (Å²) < 4.78 is 5.40. The van der Waals surface area contributed by atoms with Gasteiger partial charge in [0.1, 0.15) is 0 Å². The number of aromatic nitrogens is 2. The third-order valence-corrected chi connectivity index (χ3v) is 4.50. The summed E-state index contributed by atoms with van der Waals surface area (Å²) in [4.78, 5) is 7.97. The molecule has 0 saturated carbocycles. The van der Waals surface area contributed by atoms with Gasteiger partial charge in [0.25, 0.3) is 5.89 Å². The molecule has 3 rings (SSSR count). The van der Waals surface area contributed by atoms with Crippen LogP contribution in [0.15, 0.2) is 57.9 Å². The number of hydrogen-bond acceptors (Lipinski definition) is 5. The van der Waals surface area contributed by atoms with Crippen LogP contribution in [0.25, 0.3) is 11.5 Å². The van der Waals surface area contributed by atoms with Gasteiger partial charge < -0.3 is 4.52 Å². The Labute approximate surface area is 146 Å². The first-order valence-corrected chi connectivity index (χ1v) is 9.07. The van der Waals surface area contributed by atoms with E-state index in [1.165, 1.54) is 16.0 Å². The van der Waals surface area contributed by atoms with E-state index in [9.17, 15) is 0 Å². The average Bonchev–Trinajstić information content (AvgIpc) is 3.04. The molecule has 0 aliphatic carbocycles. The summed E-state index contributed by atoms with van der Waals surface area (Å²) in [6.07, 6.45) is 2.09. The van der Waals surface area contributed by atoms with Crippen LogP contribution in [-0.4, -0.2) is 28.3 Å². The average molecular weight is 339 g/mol. The third-order valence-electron chi connectivity index (χ3n) is 3.76. The van der Waals surface area contributed by atoms with Crippen molar-refractivity contribution >= 4 is 11.8 Å². The van der Waals surface area contributed by atoms with Gasteiger partial charge in [-0.3, -0.25) is 4.90 Å². The second kappa shape index (κ2) is 7.64. The number of aryl methyl sites for hydroxylation is 1. The molecular formula is C19H21N3OS. The van der Waals surface area contributed by atoms with Gasteiger partial charge in [-0.2, -0.15) is 4.98 Å². The molecule has 3 aromatic rings. The number of nitrogens with zero attached hydrogens (tertiary/aromatic N) is 3. The Hall–Kier alpha value is -2.11. The molecule has 124 valence electrons. The summed E-state index contributed by atoms with van der Waals surface area (Å²) in [5.74, 6) is 1.28. The van der Waals surface area contributed by atoms with Crippen molar-refractivity contribution in [3.05, 3.63) is 65.5 Å². The summed E-state index contributed by atoms with van der Waals surface area (Å²) in [7, 11) is 2.06. The molecular weight excluding hydrogens is 318 g/mol. The van der Waals surface area contributed by atoms with Gasteiger partial charge in [0.2, 0.25) is 0 Å². The molecule has 0 radical (unpaired) electrons. The standard InChI is InChI=1S/C19H21N3OS/c1-14-5-4-6-16(11-14)19-20-18(21-23-19)13-22(2)12-15-7-9-17(24-3)10-8-15/h4-11H,12-13H2,1-3H3. The lowest BCUT2D eigenvalue weighted by Crippen LogP contribution is -2.18. The van der Waals surface area contributed by atoms with E-state index in [4.69, 9.17) is 4.52 Å². The highest BCUT2D eigenvalue weighted by Crippen LogP contribution is 2.19. The van der Waals surface area contributed by atoms with Gasteiger partial charge in [-0.05, 0) is 50.1 Å². The predicted octanol–water partition coefficient (Wildman–Crippen LogP) is 4.40. The molecule has 0 saturated heterocycles. The molecule has 0 fully saturated rings. The summed E-state index contributed by atoms with van der Waals surface area (Å²) in [5, 5.41) is 4.10. The van der Waals surface area contributed by atoms with E-state index in [0.29, 0.717) is 18.3 Å². The fourth-order valence-electron chi connectivity index (χ4n) is 2.55. The highest BCUT2D eigenvalue weighted by Gasteiger charge is 2.11. The summed E-state index contributed by atoms with van der Waals surface area (Å²) >= 11 is 1.75. The van der Waals surface area contributed by atoms with Crippen LogP contribution in [0, 0.1) is 6.92 Å². The van der Waals surface area contributed by atoms with Gasteiger partial charge in [0.15, 0.2) is 5.82 Å². The van der Waals surface area contributed by atoms with Gasteiger partial charge in [0, 0.05) is 17.0 Å². The minimum atomic E-state index is 0.575. The Morgan fingerprint density at radius 1 is 1.08 bits per heavy atom. The fraction of sp³-hybridized carbons (Fsp3) is 0.263. The van der Waals surface area contributed by atoms with Crippen LogP contribution >= 0.6 is 11.8 Å². The predicted molar refractivity (Wildman–Crippen MR) is 97.9 cm³/mol. The van der Waals surface area contributed by atoms with Crippen LogP contribution in [0.2, 0.25) is 0 Å². The van der Waals surface area contributed by atoms with E-state index in [-0.39, 0.29) is 0 Å². The zero-order chi connectivity index (χ0) is 16.9. The largest absolute Gasteiger partial charge is 0.334 e. The van der Waals surface area contributed by atoms with Crippen molar-refractivity contribution in [1.29, 1.82) is 0 Å². The summed E-state index contributed by atoms with van der Waals surface area (Å²) in [5.41, 5.74) is 3.42. The van der Waals surface area contributed by atoms with E-state index in [1.807, 2.05) is 18.2 Å². The first kappa shape index (κ1) is 16.7. The number of thioether (sulfide) groups is 1. The molecule has 0 unspecified atom stereocenters. The van der Waals surface area contributed by atoms with Crippen LogP contribution in [-0.2, 0) is 13.1 Å². The van der Waals surface area contributed by atoms with E-state index >= 15 is 0 Å². The van der Waals surface area contributed by atoms with Crippen LogP contribution in [0.4, 0.5) is 0 Å². The Balaban J connectivity index is 1.63. The van der Waals surface area contributed by atoms with E-state index < -0.39 is 0 Å². The molecule has 0 amide bonds. The smallest absolute Gasteiger partial charge is 0.257 e. The lowest BCUT2D eigenvalue weighted by atomic mass is 10.1. The highest BCUT2D eigenvalue weighted by molar-refractivity contribution is 7.98. The second-order valence-electron chi connectivity index (χ2n) is 5.91. The monoisotopic (exact) mass is 339 g/mol. The second-order valence-corrected chi connectivity index (χ2v) is 6.79. The molecule has 1 heterocycles. The molecule has 0 spiro atoms. The van der Waals surface area contributed by atoms with Crippen molar-refractivity contribution in [3.63, 3.8) is 0 Å². The Bertz CT molecular complexity index is 798. The first-order valence-electron chi connectivity index (χ1n) is 7.85. The fourth-order valence-corrected chi connectivity index (χ4v) is 2.96. The van der Waals surface area contributed by atoms with Crippen LogP contribution in [0.1, 0.15) is 17.0 Å². The quantitative estimate of drug-likeness (QED) is 0.623. The normalized spacial score (nSPS) is 11.2. The minimum absolute atomic E-state index is 0.575. The maximum absolute atomic E-state index is 5.40. The van der Waals surface area contributed by atoms with Crippen molar-refractivity contribution in [2.24, 2.45) is 0 Å². The third kappa shape index (κ3) is 4.24. The molecule has 5 heteroatoms. The molecule has 0 N–H and O–H groups in total. The van der Waals surface area contributed by atoms with Crippen molar-refractivity contribution in [3.8, 4) is 11.5 Å². The minimum Gasteiger partial charge on any atom is -0.334 e. The van der Waals surface area contributed by atoms with E-state index in [0.717, 1.165) is 12.1 Å². The van der Waals surface area contributed by atoms with Crippen LogP contribution < -0.4 is 0 Å². The molecule has 2 aromatic carbocycles. The molecule has 0 aliphatic heterocycles. The van der Waals surface area contributed by atoms with Crippen molar-refractivity contribution < 1.29 is 4.52 Å². The molecule has 1 aromatic heterocycles. The highest BCUT2D eigenvalue weighted by atomic mass is 32.2. The lowest BCUT2D eigenvalue weighted by Gasteiger charge is -2.14. The zero-order valence-electron chi connectivity index (χ0n) is 14.2. The van der Waals surface area contributed by atoms with Crippen molar-refractivity contribution in [1.82, 2.24) is 15.0 Å². The zero-order valence-corrected chi connectivity index (χ0v) is 15.0. The molecule has 4 nitrogen and oxygen atoms in total. The SMILES string of the molecule is CSc1ccc(CN(C)Cc2noc(-c3cccc(C)c3)n2)cc1. The van der Waals surface area contributed by atoms with Gasteiger partial charge >= 0.3 is 0 Å². The van der Waals surface area contributed by atoms with Crippen molar-refractivity contribution in [2.75, 3.05) is 13.3 Å². The maximum Gasteiger partial charge on any atom is 0.257 e. The Morgan fingerprint density at radius 2 is 1.88 bits per heavy atom. The number of rotatable bonds is 6. The van der Waals surface area contributed by atoms with E-state index in [1.54, 1.807) is 11.8 Å². The van der Waals surface area contributed by atoms with Gasteiger partial charge in [-0.15, -0.1) is 11.8 Å². The Morgan fingerprint density at radius 3 is 2.58 bits per heavy atom.